The highest BCUT2D eigenvalue weighted by atomic mass is 16.5. The van der Waals surface area contributed by atoms with Gasteiger partial charge in [0.25, 0.3) is 0 Å². The molecule has 2 heteroatoms. The fraction of sp³-hybridized carbons (Fsp3) is 0.944. The molecule has 0 aromatic carbocycles. The SMILES string of the molecule is CC(C)CCCCCOC(=O)CCCCCC(C)(C)C. The third-order valence-electron chi connectivity index (χ3n) is 3.50. The minimum atomic E-state index is -0.00961. The van der Waals surface area contributed by atoms with Crippen molar-refractivity contribution in [3.8, 4) is 0 Å². The largest absolute Gasteiger partial charge is 0.466 e. The van der Waals surface area contributed by atoms with Crippen molar-refractivity contribution in [1.29, 1.82) is 0 Å². The highest BCUT2D eigenvalue weighted by Crippen LogP contribution is 2.22. The number of ether oxygens (including phenoxy) is 1. The van der Waals surface area contributed by atoms with E-state index in [1.54, 1.807) is 0 Å². The number of unbranched alkanes of at least 4 members (excludes halogenated alkanes) is 4. The lowest BCUT2D eigenvalue weighted by molar-refractivity contribution is -0.143. The monoisotopic (exact) mass is 284 g/mol. The van der Waals surface area contributed by atoms with Gasteiger partial charge in [0.2, 0.25) is 0 Å². The van der Waals surface area contributed by atoms with Crippen LogP contribution in [0.5, 0.6) is 0 Å². The summed E-state index contributed by atoms with van der Waals surface area (Å²) in [5.74, 6) is 0.773. The van der Waals surface area contributed by atoms with E-state index in [0.717, 1.165) is 25.2 Å². The van der Waals surface area contributed by atoms with Crippen LogP contribution in [-0.4, -0.2) is 12.6 Å². The molecule has 0 spiro atoms. The minimum Gasteiger partial charge on any atom is -0.466 e. The van der Waals surface area contributed by atoms with Crippen molar-refractivity contribution in [3.05, 3.63) is 0 Å². The first kappa shape index (κ1) is 19.5. The molecule has 0 aliphatic heterocycles. The van der Waals surface area contributed by atoms with E-state index in [2.05, 4.69) is 34.6 Å². The maximum atomic E-state index is 11.5. The molecule has 0 bridgehead atoms. The molecule has 0 saturated heterocycles. The summed E-state index contributed by atoms with van der Waals surface area (Å²) in [6, 6.07) is 0. The smallest absolute Gasteiger partial charge is 0.305 e. The molecule has 0 heterocycles. The molecule has 0 amide bonds. The maximum absolute atomic E-state index is 11.5. The average Bonchev–Trinajstić information content (AvgIpc) is 2.31. The van der Waals surface area contributed by atoms with Crippen LogP contribution in [0.4, 0.5) is 0 Å². The Kier molecular flexibility index (Phi) is 10.9. The van der Waals surface area contributed by atoms with Gasteiger partial charge in [0, 0.05) is 6.42 Å². The van der Waals surface area contributed by atoms with Crippen molar-refractivity contribution in [2.24, 2.45) is 11.3 Å². The molecule has 0 aliphatic rings. The standard InChI is InChI=1S/C18H36O2/c1-16(2)12-8-7-11-15-20-17(19)13-9-6-10-14-18(3,4)5/h16H,6-15H2,1-5H3. The molecule has 2 nitrogen and oxygen atoms in total. The van der Waals surface area contributed by atoms with E-state index >= 15 is 0 Å². The number of carbonyl (C=O) groups is 1. The van der Waals surface area contributed by atoms with Gasteiger partial charge in [-0.05, 0) is 30.6 Å². The number of rotatable bonds is 11. The van der Waals surface area contributed by atoms with Gasteiger partial charge in [0.15, 0.2) is 0 Å². The van der Waals surface area contributed by atoms with Gasteiger partial charge in [-0.1, -0.05) is 66.7 Å². The molecule has 0 atom stereocenters. The third-order valence-corrected chi connectivity index (χ3v) is 3.50. The van der Waals surface area contributed by atoms with Crippen LogP contribution in [0.15, 0.2) is 0 Å². The quantitative estimate of drug-likeness (QED) is 0.357. The van der Waals surface area contributed by atoms with E-state index in [1.807, 2.05) is 0 Å². The Hall–Kier alpha value is -0.530. The fourth-order valence-corrected chi connectivity index (χ4v) is 2.19. The van der Waals surface area contributed by atoms with Crippen LogP contribution in [0, 0.1) is 11.3 Å². The second-order valence-electron chi connectivity index (χ2n) is 7.58. The predicted molar refractivity (Wildman–Crippen MR) is 86.8 cm³/mol. The van der Waals surface area contributed by atoms with E-state index in [9.17, 15) is 4.79 Å². The van der Waals surface area contributed by atoms with Crippen molar-refractivity contribution in [2.45, 2.75) is 92.4 Å². The molecule has 0 aromatic heterocycles. The summed E-state index contributed by atoms with van der Waals surface area (Å²) >= 11 is 0. The number of carbonyl (C=O) groups excluding carboxylic acids is 1. The molecule has 0 radical (unpaired) electrons. The first-order chi connectivity index (χ1) is 9.31. The van der Waals surface area contributed by atoms with Crippen molar-refractivity contribution < 1.29 is 9.53 Å². The second-order valence-corrected chi connectivity index (χ2v) is 7.58. The summed E-state index contributed by atoms with van der Waals surface area (Å²) in [6.07, 6.45) is 9.88. The summed E-state index contributed by atoms with van der Waals surface area (Å²) in [5, 5.41) is 0. The molecule has 0 aromatic rings. The van der Waals surface area contributed by atoms with Gasteiger partial charge >= 0.3 is 5.97 Å². The fourth-order valence-electron chi connectivity index (χ4n) is 2.19. The zero-order valence-corrected chi connectivity index (χ0v) is 14.5. The molecule has 20 heavy (non-hydrogen) atoms. The zero-order chi connectivity index (χ0) is 15.4. The Morgan fingerprint density at radius 1 is 0.950 bits per heavy atom. The normalized spacial score (nSPS) is 11.9. The van der Waals surface area contributed by atoms with Crippen LogP contribution >= 0.6 is 0 Å². The van der Waals surface area contributed by atoms with Crippen LogP contribution in [0.25, 0.3) is 0 Å². The van der Waals surface area contributed by atoms with Crippen LogP contribution in [-0.2, 0) is 9.53 Å². The predicted octanol–water partition coefficient (Wildman–Crippen LogP) is 5.74. The summed E-state index contributed by atoms with van der Waals surface area (Å²) in [4.78, 5) is 11.5. The first-order valence-electron chi connectivity index (χ1n) is 8.47. The highest BCUT2D eigenvalue weighted by molar-refractivity contribution is 5.69. The molecule has 0 saturated carbocycles. The van der Waals surface area contributed by atoms with Crippen molar-refractivity contribution in [3.63, 3.8) is 0 Å². The lowest BCUT2D eigenvalue weighted by Crippen LogP contribution is -2.07. The van der Waals surface area contributed by atoms with Gasteiger partial charge in [-0.2, -0.15) is 0 Å². The number of hydrogen-bond donors (Lipinski definition) is 0. The summed E-state index contributed by atoms with van der Waals surface area (Å²) < 4.78 is 5.26. The van der Waals surface area contributed by atoms with Crippen molar-refractivity contribution >= 4 is 5.97 Å². The Bertz CT molecular complexity index is 238. The Morgan fingerprint density at radius 2 is 1.60 bits per heavy atom. The van der Waals surface area contributed by atoms with Gasteiger partial charge in [0.05, 0.1) is 6.61 Å². The Balaban J connectivity index is 3.29. The maximum Gasteiger partial charge on any atom is 0.305 e. The van der Waals surface area contributed by atoms with Crippen LogP contribution < -0.4 is 0 Å². The third kappa shape index (κ3) is 15.5. The number of esters is 1. The molecular weight excluding hydrogens is 248 g/mol. The van der Waals surface area contributed by atoms with E-state index in [-0.39, 0.29) is 5.97 Å². The van der Waals surface area contributed by atoms with E-state index in [4.69, 9.17) is 4.74 Å². The molecule has 0 unspecified atom stereocenters. The zero-order valence-electron chi connectivity index (χ0n) is 14.5. The molecule has 0 fully saturated rings. The van der Waals surface area contributed by atoms with E-state index < -0.39 is 0 Å². The molecular formula is C18H36O2. The molecule has 120 valence electrons. The first-order valence-corrected chi connectivity index (χ1v) is 8.47. The topological polar surface area (TPSA) is 26.3 Å². The lowest BCUT2D eigenvalue weighted by atomic mass is 9.89. The molecule has 0 rings (SSSR count). The van der Waals surface area contributed by atoms with Crippen LogP contribution in [0.3, 0.4) is 0 Å². The Labute approximate surface area is 126 Å². The second kappa shape index (κ2) is 11.2. The van der Waals surface area contributed by atoms with Gasteiger partial charge in [-0.15, -0.1) is 0 Å². The van der Waals surface area contributed by atoms with Crippen molar-refractivity contribution in [2.75, 3.05) is 6.61 Å². The van der Waals surface area contributed by atoms with Crippen molar-refractivity contribution in [1.82, 2.24) is 0 Å². The van der Waals surface area contributed by atoms with E-state index in [1.165, 1.54) is 32.1 Å². The van der Waals surface area contributed by atoms with Gasteiger partial charge in [0.1, 0.15) is 0 Å². The summed E-state index contributed by atoms with van der Waals surface area (Å²) in [5.41, 5.74) is 0.413. The highest BCUT2D eigenvalue weighted by Gasteiger charge is 2.09. The van der Waals surface area contributed by atoms with Gasteiger partial charge in [-0.3, -0.25) is 4.79 Å². The molecule has 0 N–H and O–H groups in total. The van der Waals surface area contributed by atoms with Gasteiger partial charge in [-0.25, -0.2) is 0 Å². The molecule has 0 aliphatic carbocycles. The minimum absolute atomic E-state index is 0.00961. The summed E-state index contributed by atoms with van der Waals surface area (Å²) in [7, 11) is 0. The van der Waals surface area contributed by atoms with E-state index in [0.29, 0.717) is 18.4 Å². The number of hydrogen-bond acceptors (Lipinski definition) is 2. The van der Waals surface area contributed by atoms with Gasteiger partial charge < -0.3 is 4.74 Å². The summed E-state index contributed by atoms with van der Waals surface area (Å²) in [6.45, 7) is 11.9. The van der Waals surface area contributed by atoms with Crippen LogP contribution in [0.1, 0.15) is 92.4 Å². The average molecular weight is 284 g/mol. The van der Waals surface area contributed by atoms with Crippen LogP contribution in [0.2, 0.25) is 0 Å². The lowest BCUT2D eigenvalue weighted by Gasteiger charge is -2.17. The Morgan fingerprint density at radius 3 is 2.20 bits per heavy atom.